The largest absolute Gasteiger partial charge is 0.481 e. The van der Waals surface area contributed by atoms with Gasteiger partial charge >= 0.3 is 0 Å². The zero-order chi connectivity index (χ0) is 48.7. The van der Waals surface area contributed by atoms with E-state index in [4.69, 9.17) is 26.1 Å². The molecule has 0 bridgehead atoms. The first-order valence-electron chi connectivity index (χ1n) is 20.8. The Kier molecular flexibility index (Phi) is 13.4. The van der Waals surface area contributed by atoms with Crippen LogP contribution < -0.4 is 15.0 Å². The quantitative estimate of drug-likeness (QED) is 0.137. The van der Waals surface area contributed by atoms with E-state index in [1.807, 2.05) is 12.1 Å². The lowest BCUT2D eigenvalue weighted by Crippen LogP contribution is -2.36. The first kappa shape index (κ1) is 47.8. The van der Waals surface area contributed by atoms with Crippen molar-refractivity contribution in [2.24, 2.45) is 0 Å². The molecule has 0 spiro atoms. The predicted octanol–water partition coefficient (Wildman–Crippen LogP) is 10.5. The molecule has 0 saturated carbocycles. The number of sulfone groups is 2. The number of hydrogen-bond acceptors (Lipinski definition) is 12. The molecule has 1 fully saturated rings. The highest BCUT2D eigenvalue weighted by Crippen LogP contribution is 2.42. The maximum Gasteiger partial charge on any atom is 0.212 e. The molecule has 4 aromatic heterocycles. The monoisotopic (exact) mass is 984 g/mol. The molecular weight excluding hydrogens is 944 g/mol. The molecule has 0 radical (unpaired) electrons. The van der Waals surface area contributed by atoms with Gasteiger partial charge in [-0.15, -0.1) is 0 Å². The summed E-state index contributed by atoms with van der Waals surface area (Å²) >= 11 is 6.25. The minimum atomic E-state index is -3.66. The predicted molar refractivity (Wildman–Crippen MR) is 255 cm³/mol. The zero-order valence-corrected chi connectivity index (χ0v) is 39.4. The number of morpholine rings is 1. The highest BCUT2D eigenvalue weighted by atomic mass is 35.5. The third-order valence-corrected chi connectivity index (χ3v) is 14.0. The second-order valence-electron chi connectivity index (χ2n) is 15.9. The minimum Gasteiger partial charge on any atom is -0.481 e. The van der Waals surface area contributed by atoms with Gasteiger partial charge in [0.15, 0.2) is 19.7 Å². The highest BCUT2D eigenvalue weighted by molar-refractivity contribution is 7.91. The van der Waals surface area contributed by atoms with E-state index in [0.29, 0.717) is 77.1 Å². The van der Waals surface area contributed by atoms with E-state index in [0.717, 1.165) is 42.5 Å². The summed E-state index contributed by atoms with van der Waals surface area (Å²) in [6.45, 7) is 5.82. The van der Waals surface area contributed by atoms with E-state index in [2.05, 4.69) is 25.2 Å². The van der Waals surface area contributed by atoms with Crippen LogP contribution in [0.25, 0.3) is 55.6 Å². The standard InChI is InChI=1S/C32H29F2N5O4S.C17H12ClF2NO2S/c1-19-30(23-6-4-5-7-27(23)44(3,40)41)37-25-15-21(33)14-24(34)29(25)31(19)38-26-16-22(39-10-12-43-13-11-39)18-36-32(26)20-8-9-28(42-2)35-17-20;1-9-16(18)15-12(20)7-10(19)8-13(15)21-17(9)11-5-3-4-6-14(11)24(2,22)23/h4-9,14-18H,10-13H2,1-3H3,(H,37,38);3-8H,1-2H3. The third kappa shape index (κ3) is 9.67. The van der Waals surface area contributed by atoms with Gasteiger partial charge < -0.3 is 19.7 Å². The number of hydrogen-bond donors (Lipinski definition) is 1. The Labute approximate surface area is 394 Å². The molecule has 1 aliphatic heterocycles. The van der Waals surface area contributed by atoms with Crippen molar-refractivity contribution in [3.05, 3.63) is 143 Å². The molecule has 0 unspecified atom stereocenters. The molecule has 0 amide bonds. The Balaban J connectivity index is 0.000000219. The number of pyridine rings is 4. The van der Waals surface area contributed by atoms with Crippen molar-refractivity contribution >= 4 is 70.1 Å². The number of ether oxygens (including phenoxy) is 2. The summed E-state index contributed by atoms with van der Waals surface area (Å²) in [5.74, 6) is -2.78. The van der Waals surface area contributed by atoms with Gasteiger partial charge in [0.25, 0.3) is 0 Å². The fraction of sp³-hybridized carbons (Fsp3) is 0.184. The molecule has 12 nitrogen and oxygen atoms in total. The van der Waals surface area contributed by atoms with Crippen molar-refractivity contribution in [2.45, 2.75) is 23.6 Å². The smallest absolute Gasteiger partial charge is 0.212 e. The Morgan fingerprint density at radius 1 is 0.676 bits per heavy atom. The zero-order valence-electron chi connectivity index (χ0n) is 37.0. The van der Waals surface area contributed by atoms with Gasteiger partial charge in [-0.2, -0.15) is 0 Å². The highest BCUT2D eigenvalue weighted by Gasteiger charge is 2.25. The number of anilines is 3. The van der Waals surface area contributed by atoms with Gasteiger partial charge in [-0.3, -0.25) is 4.98 Å². The van der Waals surface area contributed by atoms with E-state index >= 15 is 4.39 Å². The molecule has 5 heterocycles. The van der Waals surface area contributed by atoms with Crippen LogP contribution in [0.3, 0.4) is 0 Å². The van der Waals surface area contributed by atoms with Gasteiger partial charge in [-0.1, -0.05) is 48.0 Å². The van der Waals surface area contributed by atoms with Gasteiger partial charge in [0.05, 0.1) is 97.3 Å². The van der Waals surface area contributed by atoms with Crippen LogP contribution in [0.4, 0.5) is 34.6 Å². The molecule has 0 aliphatic carbocycles. The van der Waals surface area contributed by atoms with Crippen LogP contribution in [-0.2, 0) is 24.4 Å². The first-order valence-corrected chi connectivity index (χ1v) is 24.9. The molecule has 0 atom stereocenters. The fourth-order valence-electron chi connectivity index (χ4n) is 7.97. The summed E-state index contributed by atoms with van der Waals surface area (Å²) in [5, 5.41) is 3.53. The average Bonchev–Trinajstić information content (AvgIpc) is 3.30. The van der Waals surface area contributed by atoms with Crippen LogP contribution >= 0.6 is 11.6 Å². The average molecular weight is 985 g/mol. The number of aromatic nitrogens is 4. The van der Waals surface area contributed by atoms with E-state index in [-0.39, 0.29) is 48.0 Å². The Morgan fingerprint density at radius 3 is 1.76 bits per heavy atom. The maximum absolute atomic E-state index is 15.6. The van der Waals surface area contributed by atoms with Crippen molar-refractivity contribution in [1.29, 1.82) is 0 Å². The first-order chi connectivity index (χ1) is 32.3. The number of nitrogens with zero attached hydrogens (tertiary/aromatic N) is 5. The van der Waals surface area contributed by atoms with Gasteiger partial charge in [-0.25, -0.2) is 49.3 Å². The van der Waals surface area contributed by atoms with Gasteiger partial charge in [0, 0.05) is 78.8 Å². The van der Waals surface area contributed by atoms with Crippen LogP contribution in [0.2, 0.25) is 5.02 Å². The summed E-state index contributed by atoms with van der Waals surface area (Å²) in [4.78, 5) is 20.2. The number of methoxy groups -OCH3 is 1. The van der Waals surface area contributed by atoms with E-state index in [1.54, 1.807) is 68.7 Å². The SMILES string of the molecule is COc1ccc(-c2ncc(N3CCOCC3)cc2Nc2c(C)c(-c3ccccc3S(C)(=O)=O)nc3cc(F)cc(F)c23)cn1.Cc1c(-c2ccccc2S(C)(=O)=O)nc2cc(F)cc(F)c2c1Cl. The molecule has 68 heavy (non-hydrogen) atoms. The van der Waals surface area contributed by atoms with Crippen LogP contribution in [-0.4, -0.2) is 82.7 Å². The van der Waals surface area contributed by atoms with Crippen LogP contribution in [0.5, 0.6) is 5.88 Å². The molecule has 1 N–H and O–H groups in total. The fourth-order valence-corrected chi connectivity index (χ4v) is 10.0. The molecule has 4 aromatic carbocycles. The van der Waals surface area contributed by atoms with Crippen molar-refractivity contribution in [1.82, 2.24) is 19.9 Å². The lowest BCUT2D eigenvalue weighted by molar-refractivity contribution is 0.122. The molecule has 1 aliphatic rings. The lowest BCUT2D eigenvalue weighted by Gasteiger charge is -2.29. The van der Waals surface area contributed by atoms with Crippen molar-refractivity contribution in [3.63, 3.8) is 0 Å². The molecule has 19 heteroatoms. The molecule has 9 rings (SSSR count). The van der Waals surface area contributed by atoms with E-state index < -0.39 is 42.9 Å². The normalized spacial score (nSPS) is 13.1. The lowest BCUT2D eigenvalue weighted by atomic mass is 10.0. The van der Waals surface area contributed by atoms with Crippen molar-refractivity contribution in [2.75, 3.05) is 56.1 Å². The van der Waals surface area contributed by atoms with Crippen LogP contribution in [0, 0.1) is 37.1 Å². The Hall–Kier alpha value is -6.73. The summed E-state index contributed by atoms with van der Waals surface area (Å²) in [5.41, 5.74) is 5.01. The van der Waals surface area contributed by atoms with Gasteiger partial charge in [-0.05, 0) is 49.2 Å². The second kappa shape index (κ2) is 19.1. The second-order valence-corrected chi connectivity index (χ2v) is 20.2. The van der Waals surface area contributed by atoms with Crippen LogP contribution in [0.1, 0.15) is 11.1 Å². The number of rotatable bonds is 9. The summed E-state index contributed by atoms with van der Waals surface area (Å²) in [7, 11) is -5.64. The topological polar surface area (TPSA) is 154 Å². The third-order valence-electron chi connectivity index (χ3n) is 11.2. The molecule has 8 aromatic rings. The summed E-state index contributed by atoms with van der Waals surface area (Å²) in [6.07, 6.45) is 5.58. The van der Waals surface area contributed by atoms with Crippen LogP contribution in [0.15, 0.2) is 113 Å². The molecule has 1 saturated heterocycles. The van der Waals surface area contributed by atoms with E-state index in [9.17, 15) is 30.0 Å². The van der Waals surface area contributed by atoms with Gasteiger partial charge in [0.2, 0.25) is 5.88 Å². The number of halogens is 5. The number of benzene rings is 4. The summed E-state index contributed by atoms with van der Waals surface area (Å²) in [6, 6.07) is 21.9. The Bertz CT molecular complexity index is 3510. The van der Waals surface area contributed by atoms with Crippen molar-refractivity contribution < 1.29 is 43.9 Å². The number of nitrogens with one attached hydrogen (secondary N) is 1. The number of fused-ring (bicyclic) bond motifs is 2. The maximum atomic E-state index is 15.6. The van der Waals surface area contributed by atoms with Gasteiger partial charge in [0.1, 0.15) is 23.3 Å². The van der Waals surface area contributed by atoms with E-state index in [1.165, 1.54) is 19.2 Å². The summed E-state index contributed by atoms with van der Waals surface area (Å²) < 4.78 is 118. The van der Waals surface area contributed by atoms with Crippen molar-refractivity contribution in [3.8, 4) is 39.7 Å². The molecular formula is C49H41ClF4N6O6S2. The molecule has 350 valence electrons. The minimum absolute atomic E-state index is 0.0103. The Morgan fingerprint density at radius 2 is 1.22 bits per heavy atom.